The Balaban J connectivity index is 2.62. The molecule has 0 fully saturated rings. The highest BCUT2D eigenvalue weighted by Crippen LogP contribution is 2.18. The Bertz CT molecular complexity index is 568. The van der Waals surface area contributed by atoms with Gasteiger partial charge in [-0.15, -0.1) is 11.3 Å². The van der Waals surface area contributed by atoms with Crippen molar-refractivity contribution in [2.75, 3.05) is 12.0 Å². The second kappa shape index (κ2) is 6.71. The Hall–Kier alpha value is -1.61. The topological polar surface area (TPSA) is 113 Å². The molecule has 0 aliphatic carbocycles. The van der Waals surface area contributed by atoms with Crippen molar-refractivity contribution in [3.63, 3.8) is 0 Å². The second-order valence-corrected chi connectivity index (χ2v) is 7.56. The molecule has 0 aliphatic heterocycles. The maximum atomic E-state index is 11.7. The van der Waals surface area contributed by atoms with Gasteiger partial charge in [-0.1, -0.05) is 6.07 Å². The number of rotatable bonds is 6. The van der Waals surface area contributed by atoms with E-state index < -0.39 is 33.9 Å². The fourth-order valence-corrected chi connectivity index (χ4v) is 3.36. The highest BCUT2D eigenvalue weighted by atomic mass is 32.2. The number of carboxylic acids is 1. The molecule has 9 heteroatoms. The van der Waals surface area contributed by atoms with Gasteiger partial charge in [0, 0.05) is 17.2 Å². The Morgan fingerprint density at radius 2 is 2.05 bits per heavy atom. The van der Waals surface area contributed by atoms with E-state index >= 15 is 0 Å². The van der Waals surface area contributed by atoms with Crippen LogP contribution in [0.2, 0.25) is 0 Å². The van der Waals surface area contributed by atoms with E-state index in [1.54, 1.807) is 17.5 Å². The van der Waals surface area contributed by atoms with Crippen molar-refractivity contribution in [1.82, 2.24) is 10.6 Å². The minimum Gasteiger partial charge on any atom is -0.479 e. The lowest BCUT2D eigenvalue weighted by Crippen LogP contribution is -2.46. The van der Waals surface area contributed by atoms with Crippen molar-refractivity contribution in [2.24, 2.45) is 0 Å². The number of amides is 2. The molecule has 0 aromatic carbocycles. The molecule has 0 aliphatic rings. The van der Waals surface area contributed by atoms with Crippen LogP contribution in [0.5, 0.6) is 0 Å². The molecule has 7 nitrogen and oxygen atoms in total. The highest BCUT2D eigenvalue weighted by Gasteiger charge is 2.23. The number of thiophene rings is 1. The summed E-state index contributed by atoms with van der Waals surface area (Å²) in [5, 5.41) is 15.5. The van der Waals surface area contributed by atoms with Gasteiger partial charge in [-0.25, -0.2) is 18.0 Å². The summed E-state index contributed by atoms with van der Waals surface area (Å²) < 4.78 is 22.2. The van der Waals surface area contributed by atoms with Crippen LogP contribution < -0.4 is 10.6 Å². The SMILES string of the molecule is CC(CS(C)(=O)=O)NC(=O)NC(C(=O)O)c1cccs1. The summed E-state index contributed by atoms with van der Waals surface area (Å²) in [4.78, 5) is 23.3. The van der Waals surface area contributed by atoms with Crippen molar-refractivity contribution in [1.29, 1.82) is 0 Å². The molecule has 20 heavy (non-hydrogen) atoms. The standard InChI is InChI=1S/C11H16N2O5S2/c1-7(6-20(2,17)18)12-11(16)13-9(10(14)15)8-4-3-5-19-8/h3-5,7,9H,6H2,1-2H3,(H,14,15)(H2,12,13,16). The number of aliphatic carboxylic acids is 1. The molecule has 2 atom stereocenters. The summed E-state index contributed by atoms with van der Waals surface area (Å²) in [6, 6.07) is 0.802. The van der Waals surface area contributed by atoms with Crippen LogP contribution in [0, 0.1) is 0 Å². The van der Waals surface area contributed by atoms with E-state index in [0.717, 1.165) is 6.26 Å². The van der Waals surface area contributed by atoms with Gasteiger partial charge in [0.1, 0.15) is 9.84 Å². The molecule has 112 valence electrons. The Morgan fingerprint density at radius 1 is 1.40 bits per heavy atom. The molecule has 1 rings (SSSR count). The first-order valence-electron chi connectivity index (χ1n) is 5.70. The average Bonchev–Trinajstić information content (AvgIpc) is 2.75. The van der Waals surface area contributed by atoms with E-state index in [0.29, 0.717) is 4.88 Å². The minimum absolute atomic E-state index is 0.211. The summed E-state index contributed by atoms with van der Waals surface area (Å²) in [7, 11) is -3.21. The normalized spacial score (nSPS) is 14.3. The molecule has 1 heterocycles. The van der Waals surface area contributed by atoms with Crippen molar-refractivity contribution >= 4 is 33.2 Å². The van der Waals surface area contributed by atoms with Crippen molar-refractivity contribution in [2.45, 2.75) is 19.0 Å². The van der Waals surface area contributed by atoms with Gasteiger partial charge in [0.25, 0.3) is 0 Å². The van der Waals surface area contributed by atoms with E-state index in [4.69, 9.17) is 5.11 Å². The van der Waals surface area contributed by atoms with E-state index in [2.05, 4.69) is 10.6 Å². The maximum absolute atomic E-state index is 11.7. The largest absolute Gasteiger partial charge is 0.479 e. The average molecular weight is 320 g/mol. The van der Waals surface area contributed by atoms with Crippen LogP contribution in [0.4, 0.5) is 4.79 Å². The molecule has 0 radical (unpaired) electrons. The minimum atomic E-state index is -3.21. The zero-order valence-corrected chi connectivity index (χ0v) is 12.6. The third kappa shape index (κ3) is 5.57. The van der Waals surface area contributed by atoms with Gasteiger partial charge in [-0.05, 0) is 18.4 Å². The Labute approximate surface area is 120 Å². The summed E-state index contributed by atoms with van der Waals surface area (Å²) in [5.74, 6) is -1.39. The summed E-state index contributed by atoms with van der Waals surface area (Å²) in [5.41, 5.74) is 0. The van der Waals surface area contributed by atoms with Crippen LogP contribution in [0.1, 0.15) is 17.8 Å². The lowest BCUT2D eigenvalue weighted by molar-refractivity contribution is -0.139. The number of carbonyl (C=O) groups is 2. The quantitative estimate of drug-likeness (QED) is 0.710. The molecule has 0 saturated heterocycles. The number of carboxylic acid groups (broad SMARTS) is 1. The molecule has 0 saturated carbocycles. The molecular formula is C11H16N2O5S2. The van der Waals surface area contributed by atoms with Crippen LogP contribution in [-0.2, 0) is 14.6 Å². The maximum Gasteiger partial charge on any atom is 0.331 e. The number of carbonyl (C=O) groups excluding carboxylic acids is 1. The van der Waals surface area contributed by atoms with Crippen molar-refractivity contribution in [3.05, 3.63) is 22.4 Å². The van der Waals surface area contributed by atoms with Gasteiger partial charge < -0.3 is 15.7 Å². The lowest BCUT2D eigenvalue weighted by atomic mass is 10.2. The van der Waals surface area contributed by atoms with Crippen molar-refractivity contribution in [3.8, 4) is 0 Å². The Morgan fingerprint density at radius 3 is 2.50 bits per heavy atom. The van der Waals surface area contributed by atoms with Crippen LogP contribution in [0.3, 0.4) is 0 Å². The Kier molecular flexibility index (Phi) is 5.52. The van der Waals surface area contributed by atoms with E-state index in [1.165, 1.54) is 18.3 Å². The summed E-state index contributed by atoms with van der Waals surface area (Å²) in [6.45, 7) is 1.53. The zero-order chi connectivity index (χ0) is 15.3. The zero-order valence-electron chi connectivity index (χ0n) is 11.0. The monoisotopic (exact) mass is 320 g/mol. The predicted octanol–water partition coefficient (Wildman–Crippen LogP) is 0.606. The number of sulfone groups is 1. The first kappa shape index (κ1) is 16.4. The molecule has 3 N–H and O–H groups in total. The van der Waals surface area contributed by atoms with Crippen LogP contribution >= 0.6 is 11.3 Å². The summed E-state index contributed by atoms with van der Waals surface area (Å²) >= 11 is 1.21. The molecular weight excluding hydrogens is 304 g/mol. The smallest absolute Gasteiger partial charge is 0.331 e. The van der Waals surface area contributed by atoms with Crippen LogP contribution in [0.15, 0.2) is 17.5 Å². The molecule has 2 unspecified atom stereocenters. The number of hydrogen-bond donors (Lipinski definition) is 3. The van der Waals surface area contributed by atoms with Gasteiger partial charge in [-0.3, -0.25) is 0 Å². The number of urea groups is 1. The van der Waals surface area contributed by atoms with E-state index in [-0.39, 0.29) is 5.75 Å². The van der Waals surface area contributed by atoms with Crippen LogP contribution in [0.25, 0.3) is 0 Å². The van der Waals surface area contributed by atoms with E-state index in [1.807, 2.05) is 0 Å². The van der Waals surface area contributed by atoms with Gasteiger partial charge in [0.05, 0.1) is 5.75 Å². The molecule has 2 amide bonds. The number of nitrogens with one attached hydrogen (secondary N) is 2. The van der Waals surface area contributed by atoms with Crippen LogP contribution in [-0.4, -0.2) is 43.6 Å². The van der Waals surface area contributed by atoms with Gasteiger partial charge in [0.2, 0.25) is 0 Å². The van der Waals surface area contributed by atoms with Gasteiger partial charge >= 0.3 is 12.0 Å². The molecule has 0 spiro atoms. The molecule has 0 bridgehead atoms. The fraction of sp³-hybridized carbons (Fsp3) is 0.455. The first-order valence-corrected chi connectivity index (χ1v) is 8.64. The molecule has 1 aromatic heterocycles. The van der Waals surface area contributed by atoms with Gasteiger partial charge in [0.15, 0.2) is 6.04 Å². The predicted molar refractivity (Wildman–Crippen MR) is 75.5 cm³/mol. The fourth-order valence-electron chi connectivity index (χ4n) is 1.60. The first-order chi connectivity index (χ1) is 9.19. The van der Waals surface area contributed by atoms with Gasteiger partial charge in [-0.2, -0.15) is 0 Å². The number of hydrogen-bond acceptors (Lipinski definition) is 5. The summed E-state index contributed by atoms with van der Waals surface area (Å²) in [6.07, 6.45) is 1.06. The molecule has 1 aromatic rings. The van der Waals surface area contributed by atoms with Crippen molar-refractivity contribution < 1.29 is 23.1 Å². The highest BCUT2D eigenvalue weighted by molar-refractivity contribution is 7.90. The second-order valence-electron chi connectivity index (χ2n) is 4.40. The lowest BCUT2D eigenvalue weighted by Gasteiger charge is -2.17. The third-order valence-corrected chi connectivity index (χ3v) is 4.32. The van der Waals surface area contributed by atoms with E-state index in [9.17, 15) is 18.0 Å². The third-order valence-electron chi connectivity index (χ3n) is 2.28.